The molecule has 7 heteroatoms. The lowest BCUT2D eigenvalue weighted by molar-refractivity contribution is -0.384. The van der Waals surface area contributed by atoms with Crippen molar-refractivity contribution in [1.29, 1.82) is 0 Å². The first kappa shape index (κ1) is 13.3. The maximum atomic E-state index is 10.6. The van der Waals surface area contributed by atoms with Crippen LogP contribution in [0.25, 0.3) is 22.9 Å². The van der Waals surface area contributed by atoms with E-state index in [2.05, 4.69) is 10.2 Å². The summed E-state index contributed by atoms with van der Waals surface area (Å²) in [5.41, 5.74) is 1.33. The number of hydrogen-bond donors (Lipinski definition) is 0. The minimum atomic E-state index is -0.463. The number of non-ortho nitro benzene ring substituents is 1. The number of nitro groups is 1. The number of aromatic nitrogens is 2. The van der Waals surface area contributed by atoms with Gasteiger partial charge in [-0.25, -0.2) is 0 Å². The fourth-order valence-corrected chi connectivity index (χ4v) is 1.99. The third-order valence-corrected chi connectivity index (χ3v) is 3.06. The van der Waals surface area contributed by atoms with Gasteiger partial charge in [0.15, 0.2) is 0 Å². The fourth-order valence-electron chi connectivity index (χ4n) is 1.80. The van der Waals surface area contributed by atoms with E-state index in [0.29, 0.717) is 27.9 Å². The van der Waals surface area contributed by atoms with Gasteiger partial charge in [-0.05, 0) is 30.3 Å². The highest BCUT2D eigenvalue weighted by atomic mass is 35.5. The zero-order chi connectivity index (χ0) is 14.8. The van der Waals surface area contributed by atoms with E-state index in [0.717, 1.165) is 0 Å². The Hall–Kier alpha value is -2.73. The molecular weight excluding hydrogens is 294 g/mol. The zero-order valence-electron chi connectivity index (χ0n) is 10.6. The molecule has 0 saturated heterocycles. The van der Waals surface area contributed by atoms with Gasteiger partial charge in [-0.3, -0.25) is 10.1 Å². The summed E-state index contributed by atoms with van der Waals surface area (Å²) in [4.78, 5) is 10.1. The van der Waals surface area contributed by atoms with Crippen molar-refractivity contribution in [1.82, 2.24) is 10.2 Å². The second kappa shape index (κ2) is 5.34. The van der Waals surface area contributed by atoms with Crippen molar-refractivity contribution in [3.8, 4) is 22.9 Å². The maximum Gasteiger partial charge on any atom is 0.269 e. The van der Waals surface area contributed by atoms with Crippen molar-refractivity contribution < 1.29 is 9.34 Å². The Kier molecular flexibility index (Phi) is 3.37. The molecule has 1 aromatic heterocycles. The molecule has 3 rings (SSSR count). The standard InChI is InChI=1S/C14H8ClN3O3/c15-11-3-1-2-10(8-11)14-17-16-13(21-14)9-4-6-12(7-5-9)18(19)20/h1-8H. The Morgan fingerprint density at radius 2 is 1.67 bits per heavy atom. The van der Waals surface area contributed by atoms with Crippen molar-refractivity contribution in [2.24, 2.45) is 0 Å². The van der Waals surface area contributed by atoms with Crippen LogP contribution < -0.4 is 0 Å². The van der Waals surface area contributed by atoms with E-state index in [9.17, 15) is 10.1 Å². The molecule has 6 nitrogen and oxygen atoms in total. The van der Waals surface area contributed by atoms with E-state index in [1.54, 1.807) is 36.4 Å². The SMILES string of the molecule is O=[N+]([O-])c1ccc(-c2nnc(-c3cccc(Cl)c3)o2)cc1. The van der Waals surface area contributed by atoms with Gasteiger partial charge in [-0.15, -0.1) is 10.2 Å². The normalized spacial score (nSPS) is 10.5. The minimum absolute atomic E-state index is 0.00771. The number of nitro benzene ring substituents is 1. The lowest BCUT2D eigenvalue weighted by Crippen LogP contribution is -1.87. The monoisotopic (exact) mass is 301 g/mol. The van der Waals surface area contributed by atoms with E-state index in [1.165, 1.54) is 12.1 Å². The summed E-state index contributed by atoms with van der Waals surface area (Å²) in [6.07, 6.45) is 0. The molecule has 21 heavy (non-hydrogen) atoms. The molecule has 0 spiro atoms. The molecule has 0 aliphatic heterocycles. The molecule has 0 N–H and O–H groups in total. The molecule has 0 amide bonds. The van der Waals surface area contributed by atoms with Crippen LogP contribution in [0.1, 0.15) is 0 Å². The van der Waals surface area contributed by atoms with E-state index in [1.807, 2.05) is 0 Å². The summed E-state index contributed by atoms with van der Waals surface area (Å²) in [6.45, 7) is 0. The molecule has 0 radical (unpaired) electrons. The van der Waals surface area contributed by atoms with E-state index in [4.69, 9.17) is 16.0 Å². The molecular formula is C14H8ClN3O3. The number of rotatable bonds is 3. The van der Waals surface area contributed by atoms with Gasteiger partial charge in [0.1, 0.15) is 0 Å². The summed E-state index contributed by atoms with van der Waals surface area (Å²) in [7, 11) is 0. The highest BCUT2D eigenvalue weighted by Gasteiger charge is 2.12. The van der Waals surface area contributed by atoms with Gasteiger partial charge in [0, 0.05) is 28.3 Å². The van der Waals surface area contributed by atoms with E-state index in [-0.39, 0.29) is 5.69 Å². The lowest BCUT2D eigenvalue weighted by Gasteiger charge is -1.96. The predicted molar refractivity (Wildman–Crippen MR) is 76.8 cm³/mol. The molecule has 0 aliphatic rings. The van der Waals surface area contributed by atoms with Gasteiger partial charge in [0.2, 0.25) is 11.8 Å². The van der Waals surface area contributed by atoms with Crippen LogP contribution in [-0.2, 0) is 0 Å². The minimum Gasteiger partial charge on any atom is -0.416 e. The van der Waals surface area contributed by atoms with Gasteiger partial charge >= 0.3 is 0 Å². The molecule has 104 valence electrons. The Morgan fingerprint density at radius 1 is 1.00 bits per heavy atom. The summed E-state index contributed by atoms with van der Waals surface area (Å²) < 4.78 is 5.56. The summed E-state index contributed by atoms with van der Waals surface area (Å²) >= 11 is 5.91. The average Bonchev–Trinajstić information content (AvgIpc) is 2.97. The van der Waals surface area contributed by atoms with Crippen molar-refractivity contribution in [2.45, 2.75) is 0 Å². The van der Waals surface area contributed by atoms with Crippen LogP contribution in [0, 0.1) is 10.1 Å². The number of hydrogen-bond acceptors (Lipinski definition) is 5. The third-order valence-electron chi connectivity index (χ3n) is 2.82. The van der Waals surface area contributed by atoms with Crippen LogP contribution in [0.2, 0.25) is 5.02 Å². The molecule has 2 aromatic carbocycles. The van der Waals surface area contributed by atoms with Crippen molar-refractivity contribution in [2.75, 3.05) is 0 Å². The molecule has 0 bridgehead atoms. The Labute approximate surface area is 124 Å². The largest absolute Gasteiger partial charge is 0.416 e. The van der Waals surface area contributed by atoms with Crippen LogP contribution in [-0.4, -0.2) is 15.1 Å². The second-order valence-electron chi connectivity index (χ2n) is 4.23. The van der Waals surface area contributed by atoms with Gasteiger partial charge in [0.05, 0.1) is 4.92 Å². The Bertz CT molecular complexity index is 799. The predicted octanol–water partition coefficient (Wildman–Crippen LogP) is 3.97. The molecule has 0 saturated carbocycles. The summed E-state index contributed by atoms with van der Waals surface area (Å²) in [5, 5.41) is 19.1. The van der Waals surface area contributed by atoms with E-state index >= 15 is 0 Å². The molecule has 3 aromatic rings. The quantitative estimate of drug-likeness (QED) is 0.540. The van der Waals surface area contributed by atoms with Crippen LogP contribution in [0.3, 0.4) is 0 Å². The zero-order valence-corrected chi connectivity index (χ0v) is 11.3. The van der Waals surface area contributed by atoms with Crippen molar-refractivity contribution >= 4 is 17.3 Å². The third kappa shape index (κ3) is 2.75. The Balaban J connectivity index is 1.93. The van der Waals surface area contributed by atoms with Gasteiger partial charge in [0.25, 0.3) is 5.69 Å². The van der Waals surface area contributed by atoms with Crippen LogP contribution >= 0.6 is 11.6 Å². The van der Waals surface area contributed by atoms with Crippen molar-refractivity contribution in [3.63, 3.8) is 0 Å². The molecule has 0 aliphatic carbocycles. The second-order valence-corrected chi connectivity index (χ2v) is 4.66. The number of nitrogens with zero attached hydrogens (tertiary/aromatic N) is 3. The fraction of sp³-hybridized carbons (Fsp3) is 0. The maximum absolute atomic E-state index is 10.6. The molecule has 1 heterocycles. The Morgan fingerprint density at radius 3 is 2.29 bits per heavy atom. The molecule has 0 unspecified atom stereocenters. The topological polar surface area (TPSA) is 82.1 Å². The highest BCUT2D eigenvalue weighted by molar-refractivity contribution is 6.30. The first-order chi connectivity index (χ1) is 10.1. The highest BCUT2D eigenvalue weighted by Crippen LogP contribution is 2.26. The first-order valence-electron chi connectivity index (χ1n) is 5.98. The van der Waals surface area contributed by atoms with Crippen molar-refractivity contribution in [3.05, 3.63) is 63.7 Å². The first-order valence-corrected chi connectivity index (χ1v) is 6.35. The van der Waals surface area contributed by atoms with Gasteiger partial charge in [-0.2, -0.15) is 0 Å². The van der Waals surface area contributed by atoms with Crippen LogP contribution in [0.15, 0.2) is 52.9 Å². The summed E-state index contributed by atoms with van der Waals surface area (Å²) in [5.74, 6) is 0.630. The lowest BCUT2D eigenvalue weighted by atomic mass is 10.2. The van der Waals surface area contributed by atoms with Crippen LogP contribution in [0.5, 0.6) is 0 Å². The number of halogens is 1. The van der Waals surface area contributed by atoms with Gasteiger partial charge in [-0.1, -0.05) is 17.7 Å². The average molecular weight is 302 g/mol. The van der Waals surface area contributed by atoms with E-state index < -0.39 is 4.92 Å². The molecule has 0 fully saturated rings. The number of benzene rings is 2. The smallest absolute Gasteiger partial charge is 0.269 e. The van der Waals surface area contributed by atoms with Gasteiger partial charge < -0.3 is 4.42 Å². The summed E-state index contributed by atoms with van der Waals surface area (Å²) in [6, 6.07) is 13.0. The van der Waals surface area contributed by atoms with Crippen LogP contribution in [0.4, 0.5) is 5.69 Å². The molecule has 0 atom stereocenters.